The Morgan fingerprint density at radius 2 is 1.90 bits per heavy atom. The second kappa shape index (κ2) is 5.29. The molecule has 6 heteroatoms. The molecule has 1 fully saturated rings. The number of hydrogen-bond acceptors (Lipinski definition) is 6. The fraction of sp³-hybridized carbons (Fsp3) is 0.400. The largest absolute Gasteiger partial charge is 0.378 e. The molecule has 0 atom stereocenters. The van der Waals surface area contributed by atoms with Crippen LogP contribution in [-0.2, 0) is 11.2 Å². The molecule has 4 rings (SSSR count). The lowest BCUT2D eigenvalue weighted by molar-refractivity contribution is 0.122. The zero-order valence-electron chi connectivity index (χ0n) is 11.8. The number of nitrogens with zero attached hydrogens (tertiary/aromatic N) is 5. The molecule has 108 valence electrons. The summed E-state index contributed by atoms with van der Waals surface area (Å²) in [4.78, 5) is 9.04. The first-order valence-corrected chi connectivity index (χ1v) is 7.30. The highest BCUT2D eigenvalue weighted by atomic mass is 16.5. The first-order chi connectivity index (χ1) is 10.4. The van der Waals surface area contributed by atoms with Crippen molar-refractivity contribution in [1.82, 2.24) is 15.2 Å². The Balaban J connectivity index is 1.64. The van der Waals surface area contributed by atoms with Gasteiger partial charge in [-0.2, -0.15) is 10.1 Å². The lowest BCUT2D eigenvalue weighted by Crippen LogP contribution is -2.37. The van der Waals surface area contributed by atoms with Crippen molar-refractivity contribution < 1.29 is 4.74 Å². The molecule has 0 bridgehead atoms. The number of para-hydroxylation sites is 1. The van der Waals surface area contributed by atoms with Gasteiger partial charge in [-0.3, -0.25) is 0 Å². The molecule has 1 aromatic carbocycles. The van der Waals surface area contributed by atoms with Crippen LogP contribution in [0.1, 0.15) is 5.56 Å². The third-order valence-corrected chi connectivity index (χ3v) is 4.00. The van der Waals surface area contributed by atoms with Crippen molar-refractivity contribution in [3.8, 4) is 0 Å². The number of benzene rings is 1. The molecule has 3 heterocycles. The SMILES string of the molecule is c1ccc2c(c1)CCN2c1nncc(N2CCOCC2)n1. The van der Waals surface area contributed by atoms with E-state index >= 15 is 0 Å². The molecule has 2 aliphatic rings. The van der Waals surface area contributed by atoms with Gasteiger partial charge in [0.05, 0.1) is 19.4 Å². The maximum Gasteiger partial charge on any atom is 0.251 e. The molecule has 1 saturated heterocycles. The van der Waals surface area contributed by atoms with Crippen molar-refractivity contribution >= 4 is 17.5 Å². The summed E-state index contributed by atoms with van der Waals surface area (Å²) in [6.07, 6.45) is 2.76. The smallest absolute Gasteiger partial charge is 0.251 e. The van der Waals surface area contributed by atoms with Crippen LogP contribution < -0.4 is 9.80 Å². The van der Waals surface area contributed by atoms with E-state index < -0.39 is 0 Å². The highest BCUT2D eigenvalue weighted by molar-refractivity contribution is 5.66. The second-order valence-corrected chi connectivity index (χ2v) is 5.24. The summed E-state index contributed by atoms with van der Waals surface area (Å²) in [6, 6.07) is 8.41. The molecule has 6 nitrogen and oxygen atoms in total. The standard InChI is InChI=1S/C15H17N5O/c1-2-4-13-12(3-1)5-6-20(13)15-17-14(11-16-18-15)19-7-9-21-10-8-19/h1-4,11H,5-10H2. The Hall–Kier alpha value is -2.21. The lowest BCUT2D eigenvalue weighted by Gasteiger charge is -2.28. The minimum atomic E-state index is 0.684. The van der Waals surface area contributed by atoms with Gasteiger partial charge in [-0.05, 0) is 18.1 Å². The van der Waals surface area contributed by atoms with E-state index in [1.54, 1.807) is 6.20 Å². The van der Waals surface area contributed by atoms with Gasteiger partial charge < -0.3 is 14.5 Å². The van der Waals surface area contributed by atoms with Crippen LogP contribution >= 0.6 is 0 Å². The highest BCUT2D eigenvalue weighted by Crippen LogP contribution is 2.32. The molecule has 0 N–H and O–H groups in total. The average molecular weight is 283 g/mol. The van der Waals surface area contributed by atoms with E-state index in [2.05, 4.69) is 44.3 Å². The number of ether oxygens (including phenoxy) is 1. The van der Waals surface area contributed by atoms with Gasteiger partial charge in [-0.1, -0.05) is 18.2 Å². The Kier molecular flexibility index (Phi) is 3.16. The summed E-state index contributed by atoms with van der Waals surface area (Å²) in [6.45, 7) is 4.11. The zero-order valence-corrected chi connectivity index (χ0v) is 11.8. The molecular weight excluding hydrogens is 266 g/mol. The third-order valence-electron chi connectivity index (χ3n) is 4.00. The highest BCUT2D eigenvalue weighted by Gasteiger charge is 2.23. The predicted octanol–water partition coefficient (Wildman–Crippen LogP) is 1.40. The minimum absolute atomic E-state index is 0.684. The summed E-state index contributed by atoms with van der Waals surface area (Å²) in [5.41, 5.74) is 2.54. The van der Waals surface area contributed by atoms with Crippen molar-refractivity contribution in [2.24, 2.45) is 0 Å². The van der Waals surface area contributed by atoms with E-state index in [0.717, 1.165) is 45.1 Å². The Labute approximate surface area is 123 Å². The van der Waals surface area contributed by atoms with Gasteiger partial charge in [0.2, 0.25) is 0 Å². The molecule has 2 aliphatic heterocycles. The van der Waals surface area contributed by atoms with Gasteiger partial charge in [0.25, 0.3) is 5.95 Å². The van der Waals surface area contributed by atoms with Crippen LogP contribution in [0, 0.1) is 0 Å². The Bertz CT molecular complexity index is 641. The van der Waals surface area contributed by atoms with Crippen molar-refractivity contribution in [2.75, 3.05) is 42.6 Å². The van der Waals surface area contributed by atoms with Crippen molar-refractivity contribution in [1.29, 1.82) is 0 Å². The monoisotopic (exact) mass is 283 g/mol. The van der Waals surface area contributed by atoms with E-state index in [0.29, 0.717) is 5.95 Å². The molecule has 0 spiro atoms. The fourth-order valence-corrected chi connectivity index (χ4v) is 2.89. The molecule has 0 aliphatic carbocycles. The van der Waals surface area contributed by atoms with Gasteiger partial charge in [0.15, 0.2) is 5.82 Å². The van der Waals surface area contributed by atoms with E-state index in [4.69, 9.17) is 9.72 Å². The Morgan fingerprint density at radius 1 is 1.05 bits per heavy atom. The van der Waals surface area contributed by atoms with Gasteiger partial charge in [-0.25, -0.2) is 0 Å². The van der Waals surface area contributed by atoms with Gasteiger partial charge in [0.1, 0.15) is 0 Å². The molecule has 1 aromatic heterocycles. The van der Waals surface area contributed by atoms with E-state index in [1.165, 1.54) is 11.3 Å². The van der Waals surface area contributed by atoms with Gasteiger partial charge in [-0.15, -0.1) is 5.10 Å². The van der Waals surface area contributed by atoms with E-state index in [-0.39, 0.29) is 0 Å². The molecule has 21 heavy (non-hydrogen) atoms. The molecule has 0 unspecified atom stereocenters. The van der Waals surface area contributed by atoms with Gasteiger partial charge >= 0.3 is 0 Å². The van der Waals surface area contributed by atoms with Gasteiger partial charge in [0, 0.05) is 25.3 Å². The molecule has 2 aromatic rings. The summed E-state index contributed by atoms with van der Waals surface area (Å²) < 4.78 is 5.38. The van der Waals surface area contributed by atoms with Crippen LogP contribution in [0.5, 0.6) is 0 Å². The van der Waals surface area contributed by atoms with Crippen LogP contribution in [0.2, 0.25) is 0 Å². The predicted molar refractivity (Wildman–Crippen MR) is 80.0 cm³/mol. The van der Waals surface area contributed by atoms with Crippen LogP contribution in [0.25, 0.3) is 0 Å². The molecule has 0 saturated carbocycles. The van der Waals surface area contributed by atoms with E-state index in [9.17, 15) is 0 Å². The second-order valence-electron chi connectivity index (χ2n) is 5.24. The van der Waals surface area contributed by atoms with Crippen molar-refractivity contribution in [3.05, 3.63) is 36.0 Å². The number of morpholine rings is 1. The van der Waals surface area contributed by atoms with Crippen LogP contribution in [-0.4, -0.2) is 48.0 Å². The number of fused-ring (bicyclic) bond motifs is 1. The maximum atomic E-state index is 5.38. The van der Waals surface area contributed by atoms with E-state index in [1.807, 2.05) is 0 Å². The summed E-state index contributed by atoms with van der Waals surface area (Å²) in [5.74, 6) is 1.57. The molecular formula is C15H17N5O. The van der Waals surface area contributed by atoms with Crippen molar-refractivity contribution in [3.63, 3.8) is 0 Å². The number of rotatable bonds is 2. The first-order valence-electron chi connectivity index (χ1n) is 7.30. The number of aromatic nitrogens is 3. The summed E-state index contributed by atoms with van der Waals surface area (Å²) in [5, 5.41) is 8.36. The van der Waals surface area contributed by atoms with Crippen LogP contribution in [0.15, 0.2) is 30.5 Å². The number of hydrogen-bond donors (Lipinski definition) is 0. The minimum Gasteiger partial charge on any atom is -0.378 e. The molecule has 0 radical (unpaired) electrons. The van der Waals surface area contributed by atoms with Crippen molar-refractivity contribution in [2.45, 2.75) is 6.42 Å². The summed E-state index contributed by atoms with van der Waals surface area (Å²) in [7, 11) is 0. The zero-order chi connectivity index (χ0) is 14.1. The fourth-order valence-electron chi connectivity index (χ4n) is 2.89. The quantitative estimate of drug-likeness (QED) is 0.830. The topological polar surface area (TPSA) is 54.4 Å². The summed E-state index contributed by atoms with van der Waals surface area (Å²) >= 11 is 0. The van der Waals surface area contributed by atoms with Crippen LogP contribution in [0.4, 0.5) is 17.5 Å². The average Bonchev–Trinajstić information content (AvgIpc) is 3.00. The maximum absolute atomic E-state index is 5.38. The number of anilines is 3. The lowest BCUT2D eigenvalue weighted by atomic mass is 10.2. The van der Waals surface area contributed by atoms with Crippen LogP contribution in [0.3, 0.4) is 0 Å². The normalized spacial score (nSPS) is 17.9. The molecule has 0 amide bonds. The first kappa shape index (κ1) is 12.5. The third kappa shape index (κ3) is 2.31. The Morgan fingerprint density at radius 3 is 2.81 bits per heavy atom.